The van der Waals surface area contributed by atoms with E-state index in [1.54, 1.807) is 18.3 Å². The number of amides is 1. The van der Waals surface area contributed by atoms with Crippen molar-refractivity contribution in [1.82, 2.24) is 9.71 Å². The summed E-state index contributed by atoms with van der Waals surface area (Å²) in [5.41, 5.74) is 0.849. The van der Waals surface area contributed by atoms with Crippen LogP contribution in [0.1, 0.15) is 21.2 Å². The van der Waals surface area contributed by atoms with E-state index < -0.39 is 22.0 Å². The van der Waals surface area contributed by atoms with E-state index in [9.17, 15) is 18.0 Å². The monoisotopic (exact) mass is 355 g/mol. The van der Waals surface area contributed by atoms with E-state index in [2.05, 4.69) is 15.0 Å². The fourth-order valence-electron chi connectivity index (χ4n) is 2.25. The van der Waals surface area contributed by atoms with Crippen LogP contribution in [0, 0.1) is 0 Å². The number of carbonyl (C=O) groups excluding carboxylic acids is 2. The molecule has 1 fully saturated rings. The number of nitrogens with one attached hydrogen (secondary N) is 3. The van der Waals surface area contributed by atoms with E-state index in [1.165, 1.54) is 24.3 Å². The Morgan fingerprint density at radius 1 is 1.25 bits per heavy atom. The molecular formula is C15H21N3O5S. The first kappa shape index (κ1) is 16.2. The maximum absolute atomic E-state index is 12.2. The van der Waals surface area contributed by atoms with E-state index in [0.29, 0.717) is 17.8 Å². The number of esters is 1. The third kappa shape index (κ3) is 3.47. The molecule has 3 rings (SSSR count). The van der Waals surface area contributed by atoms with Crippen molar-refractivity contribution in [2.45, 2.75) is 17.4 Å². The van der Waals surface area contributed by atoms with Gasteiger partial charge in [0.05, 0.1) is 11.5 Å². The number of anilines is 1. The van der Waals surface area contributed by atoms with Gasteiger partial charge >= 0.3 is 5.97 Å². The van der Waals surface area contributed by atoms with Crippen LogP contribution in [0.25, 0.3) is 0 Å². The molecule has 1 atom stereocenters. The highest BCUT2D eigenvalue weighted by molar-refractivity contribution is 7.89. The van der Waals surface area contributed by atoms with Crippen LogP contribution in [-0.2, 0) is 19.6 Å². The summed E-state index contributed by atoms with van der Waals surface area (Å²) in [6.45, 7) is 0.204. The summed E-state index contributed by atoms with van der Waals surface area (Å²) >= 11 is 0. The van der Waals surface area contributed by atoms with Gasteiger partial charge in [-0.1, -0.05) is 0 Å². The number of hydrogen-bond donors (Lipinski definition) is 3. The zero-order chi connectivity index (χ0) is 17.2. The van der Waals surface area contributed by atoms with Crippen LogP contribution in [0.3, 0.4) is 0 Å². The lowest BCUT2D eigenvalue weighted by Crippen LogP contribution is -2.37. The van der Waals surface area contributed by atoms with Gasteiger partial charge in [0.1, 0.15) is 11.7 Å². The number of carbonyl (C=O) groups is 2. The van der Waals surface area contributed by atoms with E-state index >= 15 is 0 Å². The van der Waals surface area contributed by atoms with E-state index in [4.69, 9.17) is 4.74 Å². The van der Waals surface area contributed by atoms with Gasteiger partial charge in [0, 0.05) is 22.6 Å². The maximum Gasteiger partial charge on any atom is 0.324 e. The van der Waals surface area contributed by atoms with Crippen molar-refractivity contribution in [1.29, 1.82) is 0 Å². The molecule has 3 N–H and O–H groups in total. The second-order valence-corrected chi connectivity index (χ2v) is 6.91. The van der Waals surface area contributed by atoms with Crippen LogP contribution < -0.4 is 10.0 Å². The number of ether oxygens (including phenoxy) is 1. The zero-order valence-corrected chi connectivity index (χ0v) is 13.3. The molecule has 1 aromatic heterocycles. The largest absolute Gasteiger partial charge is 0.464 e. The Bertz CT molecular complexity index is 857. The second-order valence-electron chi connectivity index (χ2n) is 5.19. The molecule has 2 heterocycles. The summed E-state index contributed by atoms with van der Waals surface area (Å²) < 4.78 is 31.5. The average molecular weight is 355 g/mol. The predicted molar refractivity (Wildman–Crippen MR) is 91.2 cm³/mol. The zero-order valence-electron chi connectivity index (χ0n) is 12.5. The molecule has 2 aromatic rings. The Kier molecular flexibility index (Phi) is 4.36. The molecule has 1 aliphatic heterocycles. The number of sulfonamides is 1. The molecule has 0 aliphatic carbocycles. The quantitative estimate of drug-likeness (QED) is 0.704. The van der Waals surface area contributed by atoms with E-state index in [-0.39, 0.29) is 21.7 Å². The van der Waals surface area contributed by atoms with Crippen molar-refractivity contribution >= 4 is 27.6 Å². The highest BCUT2D eigenvalue weighted by Crippen LogP contribution is 2.17. The summed E-state index contributed by atoms with van der Waals surface area (Å²) in [6, 6.07) is 8.12. The standard InChI is InChI=1S/C15H15N3O5S.3H2/c19-14(12-2-1-8-16-12)17-10-3-5-11(6-4-10)24(21,22)18-13-7-9-23-15(13)20;;;/h1-6,8,13,16,18H,7,9H2,(H,17,19);3*1H. The lowest BCUT2D eigenvalue weighted by Gasteiger charge is -2.10. The number of aromatic nitrogens is 1. The molecule has 1 unspecified atom stereocenters. The Morgan fingerprint density at radius 3 is 2.58 bits per heavy atom. The van der Waals surface area contributed by atoms with Gasteiger partial charge in [-0.05, 0) is 36.4 Å². The fourth-order valence-corrected chi connectivity index (χ4v) is 3.46. The second kappa shape index (κ2) is 6.46. The van der Waals surface area contributed by atoms with Crippen molar-refractivity contribution in [2.75, 3.05) is 11.9 Å². The summed E-state index contributed by atoms with van der Waals surface area (Å²) in [5, 5.41) is 2.64. The van der Waals surface area contributed by atoms with Gasteiger partial charge < -0.3 is 15.0 Å². The topological polar surface area (TPSA) is 117 Å². The molecule has 0 saturated carbocycles. The van der Waals surface area contributed by atoms with Gasteiger partial charge in [-0.25, -0.2) is 8.42 Å². The Balaban J connectivity index is 0.00000225. The molecule has 0 radical (unpaired) electrons. The third-order valence-corrected chi connectivity index (χ3v) is 4.99. The molecule has 1 amide bonds. The fraction of sp³-hybridized carbons (Fsp3) is 0.200. The van der Waals surface area contributed by atoms with Crippen LogP contribution in [0.2, 0.25) is 0 Å². The first-order chi connectivity index (χ1) is 11.5. The molecular weight excluding hydrogens is 334 g/mol. The first-order valence-corrected chi connectivity index (χ1v) is 8.68. The molecule has 132 valence electrons. The van der Waals surface area contributed by atoms with Crippen molar-refractivity contribution in [3.63, 3.8) is 0 Å². The minimum Gasteiger partial charge on any atom is -0.464 e. The van der Waals surface area contributed by atoms with Crippen LogP contribution in [-0.4, -0.2) is 37.9 Å². The first-order valence-electron chi connectivity index (χ1n) is 7.19. The van der Waals surface area contributed by atoms with Gasteiger partial charge in [-0.15, -0.1) is 0 Å². The minimum absolute atomic E-state index is 0. The summed E-state index contributed by atoms with van der Waals surface area (Å²) in [5.74, 6) is -0.907. The van der Waals surface area contributed by atoms with Gasteiger partial charge in [0.15, 0.2) is 0 Å². The number of rotatable bonds is 5. The van der Waals surface area contributed by atoms with Gasteiger partial charge in [-0.2, -0.15) is 4.72 Å². The van der Waals surface area contributed by atoms with Crippen LogP contribution in [0.5, 0.6) is 0 Å². The van der Waals surface area contributed by atoms with Crippen molar-refractivity contribution < 1.29 is 27.0 Å². The number of benzene rings is 1. The lowest BCUT2D eigenvalue weighted by atomic mass is 10.3. The van der Waals surface area contributed by atoms with Crippen molar-refractivity contribution in [3.8, 4) is 0 Å². The molecule has 1 saturated heterocycles. The highest BCUT2D eigenvalue weighted by Gasteiger charge is 2.31. The minimum atomic E-state index is -3.83. The number of hydrogen-bond acceptors (Lipinski definition) is 5. The maximum atomic E-state index is 12.2. The number of cyclic esters (lactones) is 1. The molecule has 8 nitrogen and oxygen atoms in total. The van der Waals surface area contributed by atoms with E-state index in [1.807, 2.05) is 0 Å². The number of aromatic amines is 1. The summed E-state index contributed by atoms with van der Waals surface area (Å²) in [7, 11) is -3.83. The molecule has 9 heteroatoms. The van der Waals surface area contributed by atoms with Crippen molar-refractivity contribution in [3.05, 3.63) is 48.3 Å². The van der Waals surface area contributed by atoms with Crippen molar-refractivity contribution in [2.24, 2.45) is 0 Å². The average Bonchev–Trinajstić information content (AvgIpc) is 3.20. The molecule has 0 bridgehead atoms. The molecule has 0 spiro atoms. The summed E-state index contributed by atoms with van der Waals surface area (Å²) in [4.78, 5) is 26.0. The SMILES string of the molecule is O=C(Nc1ccc(S(=O)(=O)NC2CCOC2=O)cc1)c1ccc[nH]1.[HH].[HH].[HH]. The van der Waals surface area contributed by atoms with Gasteiger partial charge in [-0.3, -0.25) is 9.59 Å². The lowest BCUT2D eigenvalue weighted by molar-refractivity contribution is -0.139. The molecule has 1 aromatic carbocycles. The molecule has 24 heavy (non-hydrogen) atoms. The summed E-state index contributed by atoms with van der Waals surface area (Å²) in [6.07, 6.45) is 1.94. The third-order valence-electron chi connectivity index (χ3n) is 3.50. The molecule has 1 aliphatic rings. The Hall–Kier alpha value is -2.65. The highest BCUT2D eigenvalue weighted by atomic mass is 32.2. The predicted octanol–water partition coefficient (Wildman–Crippen LogP) is 1.60. The smallest absolute Gasteiger partial charge is 0.324 e. The number of H-pyrrole nitrogens is 1. The van der Waals surface area contributed by atoms with Crippen LogP contribution in [0.4, 0.5) is 5.69 Å². The Labute approximate surface area is 142 Å². The van der Waals surface area contributed by atoms with Gasteiger partial charge in [0.25, 0.3) is 5.91 Å². The van der Waals surface area contributed by atoms with Crippen LogP contribution >= 0.6 is 0 Å². The van der Waals surface area contributed by atoms with E-state index in [0.717, 1.165) is 0 Å². The van der Waals surface area contributed by atoms with Gasteiger partial charge in [0.2, 0.25) is 10.0 Å². The normalized spacial score (nSPS) is 17.5. The van der Waals surface area contributed by atoms with Crippen LogP contribution in [0.15, 0.2) is 47.5 Å². The Morgan fingerprint density at radius 2 is 2.00 bits per heavy atom.